The van der Waals surface area contributed by atoms with Gasteiger partial charge in [0, 0.05) is 99.4 Å². The first kappa shape index (κ1) is 35.7. The highest BCUT2D eigenvalue weighted by molar-refractivity contribution is 6.05. The van der Waals surface area contributed by atoms with Crippen LogP contribution in [0, 0.1) is 12.8 Å². The summed E-state index contributed by atoms with van der Waals surface area (Å²) >= 11 is 0. The van der Waals surface area contributed by atoms with Gasteiger partial charge in [-0.25, -0.2) is 0 Å². The standard InChI is InChI=1S/C47H44N4O4/c1-25-33-21-35-42(27(3)53)46(31-17-11-7-12-18-31)39(49-35)24-40-47(32-19-13-8-14-20-32)44(29(5)55)37(51-40)23-36-43(28(4)54)45(30-15-9-6-10-16-30)38(50-36)22-34(48-33)41(25)26(2)52/h6-20,36,43,48-51H,21-24H2,1-5H3. The van der Waals surface area contributed by atoms with E-state index in [-0.39, 0.29) is 29.2 Å². The third-order valence-corrected chi connectivity index (χ3v) is 11.3. The molecule has 5 heterocycles. The Labute approximate surface area is 320 Å². The number of nitrogens with one attached hydrogen (secondary N) is 4. The van der Waals surface area contributed by atoms with Crippen LogP contribution in [0.25, 0.3) is 27.8 Å². The van der Waals surface area contributed by atoms with Gasteiger partial charge in [-0.1, -0.05) is 91.0 Å². The Balaban J connectivity index is 1.44. The lowest BCUT2D eigenvalue weighted by molar-refractivity contribution is -0.119. The number of fused-ring (bicyclic) bond motifs is 8. The minimum absolute atomic E-state index is 0.0155. The average Bonchev–Trinajstić information content (AvgIpc) is 3.90. The number of carbonyl (C=O) groups excluding carboxylic acids is 4. The van der Waals surface area contributed by atoms with Crippen LogP contribution < -0.4 is 5.32 Å². The van der Waals surface area contributed by atoms with Gasteiger partial charge in [0.15, 0.2) is 17.3 Å². The fourth-order valence-electron chi connectivity index (χ4n) is 9.19. The summed E-state index contributed by atoms with van der Waals surface area (Å²) in [6, 6.07) is 29.4. The molecular formula is C47H44N4O4. The van der Waals surface area contributed by atoms with Crippen LogP contribution in [0.4, 0.5) is 0 Å². The van der Waals surface area contributed by atoms with Gasteiger partial charge in [0.1, 0.15) is 5.78 Å². The van der Waals surface area contributed by atoms with Crippen molar-refractivity contribution in [3.63, 3.8) is 0 Å². The van der Waals surface area contributed by atoms with Crippen molar-refractivity contribution in [1.29, 1.82) is 0 Å². The van der Waals surface area contributed by atoms with E-state index in [1.807, 2.05) is 97.9 Å². The Morgan fingerprint density at radius 1 is 0.509 bits per heavy atom. The van der Waals surface area contributed by atoms with Gasteiger partial charge in [0.2, 0.25) is 0 Å². The number of allylic oxidation sites excluding steroid dienone is 1. The number of carbonyl (C=O) groups is 4. The summed E-state index contributed by atoms with van der Waals surface area (Å²) in [5.41, 5.74) is 13.5. The van der Waals surface area contributed by atoms with Crippen LogP contribution in [0.15, 0.2) is 96.7 Å². The second-order valence-corrected chi connectivity index (χ2v) is 15.0. The van der Waals surface area contributed by atoms with E-state index in [0.29, 0.717) is 42.4 Å². The molecule has 3 aromatic carbocycles. The highest BCUT2D eigenvalue weighted by atomic mass is 16.1. The van der Waals surface area contributed by atoms with Crippen LogP contribution in [-0.2, 0) is 30.5 Å². The number of aromatic amines is 3. The molecule has 8 bridgehead atoms. The summed E-state index contributed by atoms with van der Waals surface area (Å²) in [5, 5.41) is 3.76. The van der Waals surface area contributed by atoms with Gasteiger partial charge in [-0.3, -0.25) is 19.2 Å². The third-order valence-electron chi connectivity index (χ3n) is 11.3. The topological polar surface area (TPSA) is 128 Å². The summed E-state index contributed by atoms with van der Waals surface area (Å²) in [6.45, 7) is 8.37. The summed E-state index contributed by atoms with van der Waals surface area (Å²) in [5.74, 6) is -0.705. The maximum Gasteiger partial charge on any atom is 0.162 e. The maximum atomic E-state index is 13.9. The largest absolute Gasteiger partial charge is 0.384 e. The molecule has 55 heavy (non-hydrogen) atoms. The molecule has 0 saturated heterocycles. The van der Waals surface area contributed by atoms with Crippen molar-refractivity contribution in [2.45, 2.75) is 66.3 Å². The van der Waals surface area contributed by atoms with Crippen molar-refractivity contribution in [2.75, 3.05) is 0 Å². The molecule has 276 valence electrons. The zero-order chi connectivity index (χ0) is 38.5. The van der Waals surface area contributed by atoms with Crippen LogP contribution in [0.2, 0.25) is 0 Å². The van der Waals surface area contributed by atoms with Gasteiger partial charge in [0.25, 0.3) is 0 Å². The van der Waals surface area contributed by atoms with Crippen molar-refractivity contribution in [2.24, 2.45) is 5.92 Å². The van der Waals surface area contributed by atoms with Crippen LogP contribution >= 0.6 is 0 Å². The van der Waals surface area contributed by atoms with Gasteiger partial charge >= 0.3 is 0 Å². The van der Waals surface area contributed by atoms with Gasteiger partial charge in [0.05, 0.1) is 5.92 Å². The first-order valence-electron chi connectivity index (χ1n) is 18.9. The molecule has 0 saturated carbocycles. The van der Waals surface area contributed by atoms with Gasteiger partial charge in [-0.2, -0.15) is 0 Å². The second kappa shape index (κ2) is 14.2. The second-order valence-electron chi connectivity index (χ2n) is 15.0. The van der Waals surface area contributed by atoms with Crippen LogP contribution in [0.1, 0.15) is 104 Å². The van der Waals surface area contributed by atoms with Crippen LogP contribution in [-0.4, -0.2) is 44.1 Å². The molecule has 3 aromatic heterocycles. The molecule has 2 atom stereocenters. The Bertz CT molecular complexity index is 2530. The number of H-pyrrole nitrogens is 3. The number of ketones is 4. The molecule has 0 fully saturated rings. The first-order valence-corrected chi connectivity index (χ1v) is 18.9. The molecule has 0 spiro atoms. The molecule has 2 unspecified atom stereocenters. The Kier molecular flexibility index (Phi) is 9.21. The molecule has 4 N–H and O–H groups in total. The lowest BCUT2D eigenvalue weighted by atomic mass is 9.83. The first-order chi connectivity index (χ1) is 26.5. The molecule has 6 aromatic rings. The third kappa shape index (κ3) is 6.31. The number of aromatic nitrogens is 3. The van der Waals surface area contributed by atoms with E-state index in [1.54, 1.807) is 27.7 Å². The highest BCUT2D eigenvalue weighted by Gasteiger charge is 2.40. The van der Waals surface area contributed by atoms with E-state index in [9.17, 15) is 19.2 Å². The number of rotatable bonds is 7. The zero-order valence-electron chi connectivity index (χ0n) is 31.8. The van der Waals surface area contributed by atoms with E-state index in [2.05, 4.69) is 20.3 Å². The zero-order valence-corrected chi connectivity index (χ0v) is 31.8. The van der Waals surface area contributed by atoms with Gasteiger partial charge < -0.3 is 20.3 Å². The van der Waals surface area contributed by atoms with Crippen molar-refractivity contribution in [3.8, 4) is 22.3 Å². The molecule has 8 heteroatoms. The summed E-state index contributed by atoms with van der Waals surface area (Å²) in [7, 11) is 0. The van der Waals surface area contributed by atoms with Gasteiger partial charge in [-0.05, 0) is 62.4 Å². The van der Waals surface area contributed by atoms with Gasteiger partial charge in [-0.15, -0.1) is 0 Å². The quantitative estimate of drug-likeness (QED) is 0.122. The normalized spacial score (nSPS) is 16.5. The van der Waals surface area contributed by atoms with E-state index >= 15 is 0 Å². The fraction of sp³-hybridized carbons (Fsp3) is 0.234. The number of hydrogen-bond donors (Lipinski definition) is 4. The SMILES string of the molecule is CC(=O)c1c2[nH]c(c1C)Cc1[nH]c(c(-c3ccccc3)c1C(C)=O)Cc1[nH]c(c(C(C)=O)c1-c1ccccc1)CC1NC(=C(c3ccccc3)C1C(C)=O)C2. The van der Waals surface area contributed by atoms with E-state index in [0.717, 1.165) is 78.8 Å². The average molecular weight is 729 g/mol. The monoisotopic (exact) mass is 728 g/mol. The molecule has 8 nitrogen and oxygen atoms in total. The predicted octanol–water partition coefficient (Wildman–Crippen LogP) is 8.79. The molecule has 8 rings (SSSR count). The van der Waals surface area contributed by atoms with E-state index in [4.69, 9.17) is 0 Å². The Morgan fingerprint density at radius 2 is 0.945 bits per heavy atom. The molecule has 2 aliphatic rings. The molecule has 0 amide bonds. The minimum atomic E-state index is -0.510. The number of hydrogen-bond acceptors (Lipinski definition) is 5. The van der Waals surface area contributed by atoms with E-state index < -0.39 is 5.92 Å². The minimum Gasteiger partial charge on any atom is -0.384 e. The highest BCUT2D eigenvalue weighted by Crippen LogP contribution is 2.42. The predicted molar refractivity (Wildman–Crippen MR) is 215 cm³/mol. The van der Waals surface area contributed by atoms with Crippen molar-refractivity contribution >= 4 is 28.7 Å². The maximum absolute atomic E-state index is 13.9. The van der Waals surface area contributed by atoms with Crippen molar-refractivity contribution in [1.82, 2.24) is 20.3 Å². The smallest absolute Gasteiger partial charge is 0.162 e. The number of benzene rings is 3. The fourth-order valence-corrected chi connectivity index (χ4v) is 9.19. The molecule has 2 aliphatic heterocycles. The number of Topliss-reactive ketones (excluding diaryl/α,β-unsaturated/α-hetero) is 4. The van der Waals surface area contributed by atoms with Crippen LogP contribution in [0.5, 0.6) is 0 Å². The summed E-state index contributed by atoms with van der Waals surface area (Å²) in [4.78, 5) is 65.9. The van der Waals surface area contributed by atoms with E-state index in [1.165, 1.54) is 0 Å². The van der Waals surface area contributed by atoms with Crippen LogP contribution in [0.3, 0.4) is 0 Å². The van der Waals surface area contributed by atoms with Crippen molar-refractivity contribution in [3.05, 3.63) is 159 Å². The molecule has 0 aliphatic carbocycles. The molecule has 0 radical (unpaired) electrons. The Morgan fingerprint density at radius 3 is 1.45 bits per heavy atom. The summed E-state index contributed by atoms with van der Waals surface area (Å²) in [6.07, 6.45) is 1.46. The summed E-state index contributed by atoms with van der Waals surface area (Å²) < 4.78 is 0. The Hall–Kier alpha value is -6.28. The lowest BCUT2D eigenvalue weighted by Crippen LogP contribution is -2.35. The van der Waals surface area contributed by atoms with Crippen molar-refractivity contribution < 1.29 is 19.2 Å². The molecular weight excluding hydrogens is 685 g/mol. The lowest BCUT2D eigenvalue weighted by Gasteiger charge is -2.21.